The van der Waals surface area contributed by atoms with E-state index in [4.69, 9.17) is 11.6 Å². The van der Waals surface area contributed by atoms with Gasteiger partial charge in [0.05, 0.1) is 6.04 Å². The van der Waals surface area contributed by atoms with Gasteiger partial charge in [-0.3, -0.25) is 0 Å². The molecule has 0 aliphatic carbocycles. The molecule has 21 heavy (non-hydrogen) atoms. The number of anilines is 1. The molecule has 0 radical (unpaired) electrons. The van der Waals surface area contributed by atoms with Crippen LogP contribution >= 0.6 is 23.1 Å². The number of nitrogens with zero attached hydrogens (tertiary/aromatic N) is 2. The zero-order chi connectivity index (χ0) is 14.7. The lowest BCUT2D eigenvalue weighted by Crippen LogP contribution is -2.12. The Morgan fingerprint density at radius 2 is 1.81 bits per heavy atom. The third-order valence-electron chi connectivity index (χ3n) is 3.11. The maximum Gasteiger partial charge on any atom is 0.203 e. The molecule has 1 aromatic heterocycles. The van der Waals surface area contributed by atoms with Gasteiger partial charge < -0.3 is 5.32 Å². The summed E-state index contributed by atoms with van der Waals surface area (Å²) in [6, 6.07) is 18.1. The third-order valence-corrected chi connectivity index (χ3v) is 4.08. The average Bonchev–Trinajstić information content (AvgIpc) is 2.91. The summed E-state index contributed by atoms with van der Waals surface area (Å²) in [6.07, 6.45) is 0. The second kappa shape index (κ2) is 6.24. The molecule has 0 saturated carbocycles. The van der Waals surface area contributed by atoms with Crippen LogP contribution in [0.15, 0.2) is 54.6 Å². The fraction of sp³-hybridized carbons (Fsp3) is 0.125. The van der Waals surface area contributed by atoms with Crippen molar-refractivity contribution in [2.45, 2.75) is 13.0 Å². The Morgan fingerprint density at radius 1 is 1.05 bits per heavy atom. The van der Waals surface area contributed by atoms with Crippen molar-refractivity contribution in [1.82, 2.24) is 9.36 Å². The average molecular weight is 316 g/mol. The van der Waals surface area contributed by atoms with Crippen molar-refractivity contribution in [3.8, 4) is 0 Å². The summed E-state index contributed by atoms with van der Waals surface area (Å²) in [5.74, 6) is 0.778. The first-order valence-corrected chi connectivity index (χ1v) is 7.75. The lowest BCUT2D eigenvalue weighted by molar-refractivity contribution is 0.932. The van der Waals surface area contributed by atoms with Gasteiger partial charge in [0.2, 0.25) is 5.13 Å². The fourth-order valence-corrected chi connectivity index (χ4v) is 2.97. The first-order chi connectivity index (χ1) is 10.2. The molecule has 1 atom stereocenters. The van der Waals surface area contributed by atoms with E-state index in [-0.39, 0.29) is 6.04 Å². The summed E-state index contributed by atoms with van der Waals surface area (Å²) in [5.41, 5.74) is 2.26. The Labute approximate surface area is 132 Å². The molecule has 1 heterocycles. The van der Waals surface area contributed by atoms with Crippen LogP contribution < -0.4 is 5.32 Å². The van der Waals surface area contributed by atoms with Gasteiger partial charge in [-0.05, 0) is 30.2 Å². The van der Waals surface area contributed by atoms with Gasteiger partial charge >= 0.3 is 0 Å². The maximum absolute atomic E-state index is 6.13. The first-order valence-electron chi connectivity index (χ1n) is 6.59. The van der Waals surface area contributed by atoms with Crippen molar-refractivity contribution in [2.24, 2.45) is 0 Å². The number of hydrogen-bond donors (Lipinski definition) is 1. The van der Waals surface area contributed by atoms with Crippen molar-refractivity contribution in [2.75, 3.05) is 5.32 Å². The molecule has 0 bridgehead atoms. The molecule has 5 heteroatoms. The number of hydrogen-bond acceptors (Lipinski definition) is 4. The van der Waals surface area contributed by atoms with Crippen molar-refractivity contribution >= 4 is 28.3 Å². The molecular formula is C16H14ClN3S. The molecule has 0 aliphatic rings. The predicted molar refractivity (Wildman–Crippen MR) is 88.0 cm³/mol. The largest absolute Gasteiger partial charge is 0.349 e. The SMILES string of the molecule is Cc1nsc(NC(c2ccccc2)c2cccc(Cl)c2)n1. The number of benzene rings is 2. The molecule has 0 spiro atoms. The van der Waals surface area contributed by atoms with E-state index in [1.165, 1.54) is 11.5 Å². The van der Waals surface area contributed by atoms with Crippen molar-refractivity contribution in [3.63, 3.8) is 0 Å². The number of halogens is 1. The third kappa shape index (κ3) is 3.40. The fourth-order valence-electron chi connectivity index (χ4n) is 2.17. The van der Waals surface area contributed by atoms with Gasteiger partial charge in [0.15, 0.2) is 0 Å². The molecule has 1 unspecified atom stereocenters. The highest BCUT2D eigenvalue weighted by Crippen LogP contribution is 2.28. The zero-order valence-electron chi connectivity index (χ0n) is 11.5. The number of aromatic nitrogens is 2. The van der Waals surface area contributed by atoms with Crippen molar-refractivity contribution in [3.05, 3.63) is 76.6 Å². The van der Waals surface area contributed by atoms with E-state index in [0.29, 0.717) is 0 Å². The first kappa shape index (κ1) is 14.0. The Bertz CT molecular complexity index is 727. The Morgan fingerprint density at radius 3 is 2.48 bits per heavy atom. The highest BCUT2D eigenvalue weighted by atomic mass is 35.5. The van der Waals surface area contributed by atoms with E-state index in [1.807, 2.05) is 43.3 Å². The van der Waals surface area contributed by atoms with E-state index in [2.05, 4.69) is 32.9 Å². The molecule has 1 N–H and O–H groups in total. The lowest BCUT2D eigenvalue weighted by Gasteiger charge is -2.19. The summed E-state index contributed by atoms with van der Waals surface area (Å²) in [7, 11) is 0. The quantitative estimate of drug-likeness (QED) is 0.758. The predicted octanol–water partition coefficient (Wildman–Crippen LogP) is 4.70. The van der Waals surface area contributed by atoms with Crippen LogP contribution in [0.4, 0.5) is 5.13 Å². The Hall–Kier alpha value is -1.91. The van der Waals surface area contributed by atoms with Crippen LogP contribution in [-0.4, -0.2) is 9.36 Å². The van der Waals surface area contributed by atoms with Crippen LogP contribution in [0.3, 0.4) is 0 Å². The van der Waals surface area contributed by atoms with E-state index in [0.717, 1.165) is 27.1 Å². The van der Waals surface area contributed by atoms with E-state index in [1.54, 1.807) is 0 Å². The molecule has 3 aromatic rings. The zero-order valence-corrected chi connectivity index (χ0v) is 13.0. The molecule has 2 aromatic carbocycles. The van der Waals surface area contributed by atoms with Crippen LogP contribution in [0.5, 0.6) is 0 Å². The van der Waals surface area contributed by atoms with Gasteiger partial charge in [0.25, 0.3) is 0 Å². The van der Waals surface area contributed by atoms with E-state index < -0.39 is 0 Å². The van der Waals surface area contributed by atoms with Crippen molar-refractivity contribution in [1.29, 1.82) is 0 Å². The summed E-state index contributed by atoms with van der Waals surface area (Å²) >= 11 is 7.50. The van der Waals surface area contributed by atoms with Gasteiger partial charge in [-0.2, -0.15) is 4.37 Å². The standard InChI is InChI=1S/C16H14ClN3S/c1-11-18-16(21-20-11)19-15(12-6-3-2-4-7-12)13-8-5-9-14(17)10-13/h2-10,15H,1H3,(H,18,19,20). The van der Waals surface area contributed by atoms with Gasteiger partial charge in [-0.25, -0.2) is 4.98 Å². The summed E-state index contributed by atoms with van der Waals surface area (Å²) < 4.78 is 4.22. The number of nitrogens with one attached hydrogen (secondary N) is 1. The van der Waals surface area contributed by atoms with Crippen LogP contribution in [0, 0.1) is 6.92 Å². The maximum atomic E-state index is 6.13. The van der Waals surface area contributed by atoms with E-state index >= 15 is 0 Å². The highest BCUT2D eigenvalue weighted by Gasteiger charge is 2.16. The monoisotopic (exact) mass is 315 g/mol. The molecular weight excluding hydrogens is 302 g/mol. The number of aryl methyl sites for hydroxylation is 1. The molecule has 0 fully saturated rings. The Kier molecular flexibility index (Phi) is 4.18. The van der Waals surface area contributed by atoms with Gasteiger partial charge in [-0.1, -0.05) is 54.1 Å². The number of rotatable bonds is 4. The second-order valence-corrected chi connectivity index (χ2v) is 5.88. The topological polar surface area (TPSA) is 37.8 Å². The van der Waals surface area contributed by atoms with Crippen molar-refractivity contribution < 1.29 is 0 Å². The van der Waals surface area contributed by atoms with Crippen LogP contribution in [0.1, 0.15) is 23.0 Å². The van der Waals surface area contributed by atoms with Crippen LogP contribution in [0.25, 0.3) is 0 Å². The summed E-state index contributed by atoms with van der Waals surface area (Å²) in [6.45, 7) is 1.89. The lowest BCUT2D eigenvalue weighted by atomic mass is 9.99. The van der Waals surface area contributed by atoms with Crippen LogP contribution in [-0.2, 0) is 0 Å². The van der Waals surface area contributed by atoms with Gasteiger partial charge in [0.1, 0.15) is 5.82 Å². The minimum Gasteiger partial charge on any atom is -0.349 e. The highest BCUT2D eigenvalue weighted by molar-refractivity contribution is 7.09. The summed E-state index contributed by atoms with van der Waals surface area (Å²) in [5, 5.41) is 4.98. The molecule has 3 nitrogen and oxygen atoms in total. The summed E-state index contributed by atoms with van der Waals surface area (Å²) in [4.78, 5) is 4.39. The normalized spacial score (nSPS) is 12.1. The molecule has 106 valence electrons. The Balaban J connectivity index is 1.98. The van der Waals surface area contributed by atoms with Gasteiger partial charge in [-0.15, -0.1) is 0 Å². The minimum atomic E-state index is -0.00255. The second-order valence-electron chi connectivity index (χ2n) is 4.69. The minimum absolute atomic E-state index is 0.00255. The molecule has 0 saturated heterocycles. The molecule has 0 aliphatic heterocycles. The van der Waals surface area contributed by atoms with E-state index in [9.17, 15) is 0 Å². The smallest absolute Gasteiger partial charge is 0.203 e. The molecule has 3 rings (SSSR count). The molecule has 0 amide bonds. The van der Waals surface area contributed by atoms with Gasteiger partial charge in [0, 0.05) is 16.6 Å². The van der Waals surface area contributed by atoms with Crippen LogP contribution in [0.2, 0.25) is 5.02 Å².